The van der Waals surface area contributed by atoms with Gasteiger partial charge in [0, 0.05) is 37.8 Å². The van der Waals surface area contributed by atoms with Crippen LogP contribution in [-0.2, 0) is 15.8 Å². The summed E-state index contributed by atoms with van der Waals surface area (Å²) >= 11 is 0. The highest BCUT2D eigenvalue weighted by Crippen LogP contribution is 2.40. The molecule has 0 unspecified atom stereocenters. The maximum Gasteiger partial charge on any atom is 0.417 e. The number of likely N-dealkylation sites (tertiary alicyclic amines) is 1. The smallest absolute Gasteiger partial charge is 0.372 e. The number of hydrogen-bond donors (Lipinski definition) is 1. The third-order valence-corrected chi connectivity index (χ3v) is 6.91. The molecular weight excluding hydrogens is 409 g/mol. The Morgan fingerprint density at radius 1 is 1.10 bits per heavy atom. The predicted molar refractivity (Wildman–Crippen MR) is 107 cm³/mol. The van der Waals surface area contributed by atoms with Gasteiger partial charge in [0.2, 0.25) is 11.8 Å². The number of anilines is 1. The van der Waals surface area contributed by atoms with Crippen molar-refractivity contribution in [2.24, 2.45) is 29.4 Å². The van der Waals surface area contributed by atoms with Crippen molar-refractivity contribution < 1.29 is 22.8 Å². The van der Waals surface area contributed by atoms with Crippen LogP contribution in [0.5, 0.6) is 0 Å². The number of primary amides is 1. The van der Waals surface area contributed by atoms with Gasteiger partial charge in [0.1, 0.15) is 0 Å². The highest BCUT2D eigenvalue weighted by atomic mass is 19.4. The second kappa shape index (κ2) is 8.06. The van der Waals surface area contributed by atoms with Crippen LogP contribution < -0.4 is 10.6 Å². The van der Waals surface area contributed by atoms with Crippen LogP contribution in [0.25, 0.3) is 0 Å². The molecular formula is C22H25F3N4O2. The van der Waals surface area contributed by atoms with E-state index >= 15 is 0 Å². The SMILES string of the molecule is N#Cc1ccc(N2CCC([C@@H]3CN(C(=O)C4CC4)C[C@H]3C(N)=O)CC2)cc1C(F)(F)F. The van der Waals surface area contributed by atoms with E-state index in [0.29, 0.717) is 44.7 Å². The number of halogens is 3. The van der Waals surface area contributed by atoms with Crippen LogP contribution in [0, 0.1) is 35.0 Å². The largest absolute Gasteiger partial charge is 0.417 e. The number of nitriles is 1. The molecule has 31 heavy (non-hydrogen) atoms. The Hall–Kier alpha value is -2.76. The molecule has 2 aliphatic heterocycles. The molecule has 4 rings (SSSR count). The molecule has 3 aliphatic rings. The predicted octanol–water partition coefficient (Wildman–Crippen LogP) is 2.76. The molecule has 0 aromatic heterocycles. The zero-order valence-corrected chi connectivity index (χ0v) is 17.1. The Kier molecular flexibility index (Phi) is 5.58. The summed E-state index contributed by atoms with van der Waals surface area (Å²) in [6.45, 7) is 2.00. The topological polar surface area (TPSA) is 90.4 Å². The van der Waals surface area contributed by atoms with Gasteiger partial charge >= 0.3 is 6.18 Å². The van der Waals surface area contributed by atoms with Crippen LogP contribution in [0.15, 0.2) is 18.2 Å². The Bertz CT molecular complexity index is 914. The van der Waals surface area contributed by atoms with Crippen molar-refractivity contribution in [3.63, 3.8) is 0 Å². The van der Waals surface area contributed by atoms with Gasteiger partial charge in [-0.2, -0.15) is 18.4 Å². The first-order chi connectivity index (χ1) is 14.7. The minimum absolute atomic E-state index is 0.00551. The molecule has 2 saturated heterocycles. The fourth-order valence-corrected chi connectivity index (χ4v) is 5.02. The number of alkyl halides is 3. The van der Waals surface area contributed by atoms with Gasteiger partial charge in [0.25, 0.3) is 0 Å². The van der Waals surface area contributed by atoms with E-state index in [0.717, 1.165) is 18.9 Å². The fourth-order valence-electron chi connectivity index (χ4n) is 5.02. The number of carbonyl (C=O) groups is 2. The molecule has 0 spiro atoms. The summed E-state index contributed by atoms with van der Waals surface area (Å²) in [5.74, 6) is -0.372. The molecule has 2 atom stereocenters. The monoisotopic (exact) mass is 434 g/mol. The van der Waals surface area contributed by atoms with Crippen LogP contribution >= 0.6 is 0 Å². The molecule has 3 fully saturated rings. The standard InChI is InChI=1S/C22H25F3N4O2/c23-22(24,25)19-9-16(4-3-15(19)10-26)28-7-5-13(6-8-28)17-11-29(12-18(17)20(27)30)21(31)14-1-2-14/h3-4,9,13-14,17-18H,1-2,5-8,11-12H2,(H2,27,30)/t17-,18+/m0/s1. The molecule has 1 aromatic rings. The number of carbonyl (C=O) groups excluding carboxylic acids is 2. The summed E-state index contributed by atoms with van der Waals surface area (Å²) in [6, 6.07) is 5.40. The van der Waals surface area contributed by atoms with Crippen LogP contribution in [0.3, 0.4) is 0 Å². The van der Waals surface area contributed by atoms with Gasteiger partial charge in [-0.3, -0.25) is 9.59 Å². The van der Waals surface area contributed by atoms with Gasteiger partial charge < -0.3 is 15.5 Å². The lowest BCUT2D eigenvalue weighted by molar-refractivity contribution is -0.137. The molecule has 2 heterocycles. The Labute approximate surface area is 178 Å². The molecule has 2 N–H and O–H groups in total. The lowest BCUT2D eigenvalue weighted by Crippen LogP contribution is -2.40. The average molecular weight is 434 g/mol. The summed E-state index contributed by atoms with van der Waals surface area (Å²) in [4.78, 5) is 28.1. The second-order valence-electron chi connectivity index (χ2n) is 8.85. The van der Waals surface area contributed by atoms with Crippen molar-refractivity contribution in [2.75, 3.05) is 31.1 Å². The third kappa shape index (κ3) is 4.34. The fraction of sp³-hybridized carbons (Fsp3) is 0.591. The highest BCUT2D eigenvalue weighted by molar-refractivity contribution is 5.84. The summed E-state index contributed by atoms with van der Waals surface area (Å²) in [5, 5.41) is 8.98. The van der Waals surface area contributed by atoms with Crippen molar-refractivity contribution in [3.8, 4) is 6.07 Å². The molecule has 0 radical (unpaired) electrons. The van der Waals surface area contributed by atoms with Crippen molar-refractivity contribution in [1.29, 1.82) is 5.26 Å². The van der Waals surface area contributed by atoms with Crippen molar-refractivity contribution >= 4 is 17.5 Å². The lowest BCUT2D eigenvalue weighted by Gasteiger charge is -2.37. The van der Waals surface area contributed by atoms with Gasteiger partial charge in [-0.15, -0.1) is 0 Å². The minimum Gasteiger partial charge on any atom is -0.372 e. The van der Waals surface area contributed by atoms with Crippen molar-refractivity contribution in [2.45, 2.75) is 31.9 Å². The number of benzene rings is 1. The quantitative estimate of drug-likeness (QED) is 0.789. The average Bonchev–Trinajstić information content (AvgIpc) is 3.50. The number of nitrogens with two attached hydrogens (primary N) is 1. The molecule has 2 amide bonds. The molecule has 1 saturated carbocycles. The summed E-state index contributed by atoms with van der Waals surface area (Å²) in [5.41, 5.74) is 4.76. The zero-order chi connectivity index (χ0) is 22.3. The zero-order valence-electron chi connectivity index (χ0n) is 17.1. The molecule has 1 aromatic carbocycles. The Morgan fingerprint density at radius 3 is 2.32 bits per heavy atom. The summed E-state index contributed by atoms with van der Waals surface area (Å²) in [6.07, 6.45) is -1.35. The first kappa shape index (κ1) is 21.5. The van der Waals surface area contributed by atoms with E-state index in [-0.39, 0.29) is 41.0 Å². The second-order valence-corrected chi connectivity index (χ2v) is 8.85. The molecule has 166 valence electrons. The number of rotatable bonds is 4. The molecule has 6 nitrogen and oxygen atoms in total. The van der Waals surface area contributed by atoms with E-state index in [1.165, 1.54) is 6.07 Å². The van der Waals surface area contributed by atoms with Crippen molar-refractivity contribution in [1.82, 2.24) is 4.90 Å². The highest BCUT2D eigenvalue weighted by Gasteiger charge is 2.46. The number of amides is 2. The molecule has 0 bridgehead atoms. The minimum atomic E-state index is -4.59. The first-order valence-electron chi connectivity index (χ1n) is 10.6. The number of piperidine rings is 1. The lowest BCUT2D eigenvalue weighted by atomic mass is 9.78. The van der Waals surface area contributed by atoms with E-state index in [9.17, 15) is 22.8 Å². The third-order valence-electron chi connectivity index (χ3n) is 6.91. The maximum absolute atomic E-state index is 13.3. The van der Waals surface area contributed by atoms with E-state index in [1.54, 1.807) is 17.0 Å². The Balaban J connectivity index is 1.44. The van der Waals surface area contributed by atoms with E-state index in [1.807, 2.05) is 4.90 Å². The van der Waals surface area contributed by atoms with Gasteiger partial charge in [-0.25, -0.2) is 0 Å². The normalized spacial score (nSPS) is 24.8. The first-order valence-corrected chi connectivity index (χ1v) is 10.6. The van der Waals surface area contributed by atoms with Crippen LogP contribution in [0.1, 0.15) is 36.8 Å². The van der Waals surface area contributed by atoms with Crippen molar-refractivity contribution in [3.05, 3.63) is 29.3 Å². The van der Waals surface area contributed by atoms with Gasteiger partial charge in [0.05, 0.1) is 23.1 Å². The van der Waals surface area contributed by atoms with Crippen LogP contribution in [-0.4, -0.2) is 42.9 Å². The molecule has 9 heteroatoms. The van der Waals surface area contributed by atoms with Crippen LogP contribution in [0.4, 0.5) is 18.9 Å². The van der Waals surface area contributed by atoms with Gasteiger partial charge in [-0.1, -0.05) is 0 Å². The van der Waals surface area contributed by atoms with E-state index in [4.69, 9.17) is 11.0 Å². The Morgan fingerprint density at radius 2 is 1.77 bits per heavy atom. The van der Waals surface area contributed by atoms with Crippen LogP contribution in [0.2, 0.25) is 0 Å². The molecule has 1 aliphatic carbocycles. The van der Waals surface area contributed by atoms with Gasteiger partial charge in [0.15, 0.2) is 0 Å². The van der Waals surface area contributed by atoms with Gasteiger partial charge in [-0.05, 0) is 55.7 Å². The van der Waals surface area contributed by atoms with E-state index < -0.39 is 11.7 Å². The number of hydrogen-bond acceptors (Lipinski definition) is 4. The summed E-state index contributed by atoms with van der Waals surface area (Å²) < 4.78 is 39.9. The summed E-state index contributed by atoms with van der Waals surface area (Å²) in [7, 11) is 0. The van der Waals surface area contributed by atoms with E-state index in [2.05, 4.69) is 0 Å². The maximum atomic E-state index is 13.3. The number of nitrogens with zero attached hydrogens (tertiary/aromatic N) is 3.